The van der Waals surface area contributed by atoms with Crippen LogP contribution in [0.25, 0.3) is 0 Å². The van der Waals surface area contributed by atoms with Crippen LogP contribution in [0, 0.1) is 6.42 Å². The molecule has 0 amide bonds. The van der Waals surface area contributed by atoms with Gasteiger partial charge in [0, 0.05) is 35.0 Å². The van der Waals surface area contributed by atoms with Gasteiger partial charge in [0.05, 0.1) is 0 Å². The Bertz CT molecular complexity index is 50.3. The monoisotopic (exact) mass is 295 g/mol. The van der Waals surface area contributed by atoms with Crippen molar-refractivity contribution in [2.45, 2.75) is 26.3 Å². The van der Waals surface area contributed by atoms with E-state index in [0.717, 1.165) is 0 Å². The van der Waals surface area contributed by atoms with Gasteiger partial charge in [-0.15, -0.1) is 0 Å². The maximum absolute atomic E-state index is 5.18. The third kappa shape index (κ3) is 12.0. The van der Waals surface area contributed by atoms with Crippen molar-refractivity contribution in [3.05, 3.63) is 6.42 Å². The smallest absolute Gasteiger partial charge is 0.0483 e. The normalized spacial score (nSPS) is 9.22. The van der Waals surface area contributed by atoms with Gasteiger partial charge in [-0.3, -0.25) is 0 Å². The van der Waals surface area contributed by atoms with Crippen LogP contribution < -0.4 is 0 Å². The van der Waals surface area contributed by atoms with Crippen LogP contribution in [0.15, 0.2) is 0 Å². The minimum atomic E-state index is 0. The summed E-state index contributed by atoms with van der Waals surface area (Å²) in [5.74, 6) is 0. The Balaban J connectivity index is 0. The standard InChI is InChI=1S/C6H12BO.W/c1-6(2)8-5-3-4-7;/h3,6H,4-5H2,1-2H3;/q-1;. The van der Waals surface area contributed by atoms with E-state index in [2.05, 4.69) is 0 Å². The molecule has 0 spiro atoms. The maximum Gasteiger partial charge on any atom is 0.0483 e. The molecule has 0 saturated carbocycles. The van der Waals surface area contributed by atoms with E-state index in [1.165, 1.54) is 0 Å². The first-order valence-corrected chi connectivity index (χ1v) is 2.90. The molecule has 0 saturated heterocycles. The summed E-state index contributed by atoms with van der Waals surface area (Å²) >= 11 is 0. The Morgan fingerprint density at radius 2 is 2.11 bits per heavy atom. The van der Waals surface area contributed by atoms with Gasteiger partial charge in [0.15, 0.2) is 0 Å². The van der Waals surface area contributed by atoms with Crippen LogP contribution in [-0.4, -0.2) is 20.6 Å². The van der Waals surface area contributed by atoms with E-state index < -0.39 is 0 Å². The van der Waals surface area contributed by atoms with Crippen LogP contribution >= 0.6 is 0 Å². The molecule has 0 bridgehead atoms. The molecule has 0 unspecified atom stereocenters. The number of ether oxygens (including phenoxy) is 1. The van der Waals surface area contributed by atoms with Gasteiger partial charge in [-0.05, 0) is 13.8 Å². The summed E-state index contributed by atoms with van der Waals surface area (Å²) in [4.78, 5) is 0. The molecule has 0 aliphatic carbocycles. The molecule has 0 aliphatic heterocycles. The Hall–Kier alpha value is 0.713. The zero-order chi connectivity index (χ0) is 6.41. The fourth-order valence-electron chi connectivity index (χ4n) is 0.329. The van der Waals surface area contributed by atoms with Crippen molar-refractivity contribution in [3.8, 4) is 0 Å². The van der Waals surface area contributed by atoms with E-state index in [1.54, 1.807) is 0 Å². The summed E-state index contributed by atoms with van der Waals surface area (Å²) in [7, 11) is 5.18. The third-order valence-electron chi connectivity index (χ3n) is 0.714. The second-order valence-corrected chi connectivity index (χ2v) is 1.91. The molecular weight excluding hydrogens is 283 g/mol. The van der Waals surface area contributed by atoms with Gasteiger partial charge in [-0.2, -0.15) is 0 Å². The van der Waals surface area contributed by atoms with Gasteiger partial charge in [-0.25, -0.2) is 6.32 Å². The fraction of sp³-hybridized carbons (Fsp3) is 0.833. The number of rotatable bonds is 4. The molecule has 52 valence electrons. The molecule has 0 aromatic carbocycles. The predicted octanol–water partition coefficient (Wildman–Crippen LogP) is 1.20. The zero-order valence-electron chi connectivity index (χ0n) is 5.96. The van der Waals surface area contributed by atoms with Crippen molar-refractivity contribution >= 4 is 7.85 Å². The Labute approximate surface area is 73.2 Å². The molecule has 1 nitrogen and oxygen atoms in total. The van der Waals surface area contributed by atoms with E-state index in [4.69, 9.17) is 12.6 Å². The average Bonchev–Trinajstić information content (AvgIpc) is 1.66. The van der Waals surface area contributed by atoms with Crippen LogP contribution in [0.2, 0.25) is 6.32 Å². The van der Waals surface area contributed by atoms with Crippen molar-refractivity contribution in [1.29, 1.82) is 0 Å². The molecule has 9 heavy (non-hydrogen) atoms. The van der Waals surface area contributed by atoms with Gasteiger partial charge in [-0.1, -0.05) is 6.61 Å². The minimum absolute atomic E-state index is 0. The van der Waals surface area contributed by atoms with E-state index in [0.29, 0.717) is 19.0 Å². The Morgan fingerprint density at radius 1 is 1.56 bits per heavy atom. The molecule has 0 rings (SSSR count). The minimum Gasteiger partial charge on any atom is -0.411 e. The van der Waals surface area contributed by atoms with Crippen LogP contribution in [0.5, 0.6) is 0 Å². The predicted molar refractivity (Wildman–Crippen MR) is 35.9 cm³/mol. The first-order chi connectivity index (χ1) is 3.77. The summed E-state index contributed by atoms with van der Waals surface area (Å²) in [5.41, 5.74) is 0. The van der Waals surface area contributed by atoms with Crippen LogP contribution in [0.3, 0.4) is 0 Å². The van der Waals surface area contributed by atoms with Gasteiger partial charge >= 0.3 is 0 Å². The van der Waals surface area contributed by atoms with Gasteiger partial charge in [0.2, 0.25) is 0 Å². The molecule has 2 radical (unpaired) electrons. The zero-order valence-corrected chi connectivity index (χ0v) is 8.90. The Morgan fingerprint density at radius 3 is 2.44 bits per heavy atom. The van der Waals surface area contributed by atoms with Crippen molar-refractivity contribution < 1.29 is 25.8 Å². The number of hydrogen-bond donors (Lipinski definition) is 0. The topological polar surface area (TPSA) is 9.23 Å². The quantitative estimate of drug-likeness (QED) is 0.430. The fourth-order valence-corrected chi connectivity index (χ4v) is 0.329. The maximum atomic E-state index is 5.18. The molecular formula is C6H12BOW-. The molecule has 0 heterocycles. The second kappa shape index (κ2) is 8.71. The molecule has 0 N–H and O–H groups in total. The summed E-state index contributed by atoms with van der Waals surface area (Å²) in [5, 5.41) is 0. The second-order valence-electron chi connectivity index (χ2n) is 1.91. The summed E-state index contributed by atoms with van der Waals surface area (Å²) < 4.78 is 5.15. The summed E-state index contributed by atoms with van der Waals surface area (Å²) in [6.07, 6.45) is 2.82. The summed E-state index contributed by atoms with van der Waals surface area (Å²) in [6, 6.07) is 0. The summed E-state index contributed by atoms with van der Waals surface area (Å²) in [6.45, 7) is 4.68. The molecule has 0 aromatic heterocycles. The van der Waals surface area contributed by atoms with Crippen molar-refractivity contribution in [1.82, 2.24) is 0 Å². The SMILES string of the molecule is [B]C[CH-]COC(C)C.[W]. The number of hydrogen-bond acceptors (Lipinski definition) is 1. The van der Waals surface area contributed by atoms with Crippen LogP contribution in [0.4, 0.5) is 0 Å². The first kappa shape index (κ1) is 12.4. The van der Waals surface area contributed by atoms with Gasteiger partial charge in [0.25, 0.3) is 0 Å². The molecule has 0 aliphatic rings. The van der Waals surface area contributed by atoms with Gasteiger partial charge in [0.1, 0.15) is 0 Å². The molecule has 0 fully saturated rings. The van der Waals surface area contributed by atoms with Crippen LogP contribution in [0.1, 0.15) is 13.8 Å². The molecule has 0 atom stereocenters. The largest absolute Gasteiger partial charge is 0.411 e. The van der Waals surface area contributed by atoms with Crippen molar-refractivity contribution in [2.24, 2.45) is 0 Å². The van der Waals surface area contributed by atoms with Gasteiger partial charge < -0.3 is 11.2 Å². The van der Waals surface area contributed by atoms with E-state index in [9.17, 15) is 0 Å². The molecule has 0 aromatic rings. The third-order valence-corrected chi connectivity index (χ3v) is 0.714. The van der Waals surface area contributed by atoms with E-state index >= 15 is 0 Å². The van der Waals surface area contributed by atoms with Crippen LogP contribution in [-0.2, 0) is 25.8 Å². The van der Waals surface area contributed by atoms with Crippen molar-refractivity contribution in [3.63, 3.8) is 0 Å². The van der Waals surface area contributed by atoms with Crippen molar-refractivity contribution in [2.75, 3.05) is 6.61 Å². The van der Waals surface area contributed by atoms with E-state index in [1.807, 2.05) is 20.3 Å². The van der Waals surface area contributed by atoms with E-state index in [-0.39, 0.29) is 21.1 Å². The Kier molecular flexibility index (Phi) is 12.0. The molecule has 3 heteroatoms. The first-order valence-electron chi connectivity index (χ1n) is 2.90. The average molecular weight is 295 g/mol.